The largest absolute Gasteiger partial charge is 0.497 e. The molecule has 0 spiro atoms. The summed E-state index contributed by atoms with van der Waals surface area (Å²) in [5.74, 6) is 0.346. The van der Waals surface area contributed by atoms with E-state index in [2.05, 4.69) is 5.32 Å². The molecule has 0 atom stereocenters. The van der Waals surface area contributed by atoms with Gasteiger partial charge < -0.3 is 10.1 Å². The van der Waals surface area contributed by atoms with Gasteiger partial charge in [0.25, 0.3) is 5.91 Å². The van der Waals surface area contributed by atoms with Crippen LogP contribution in [0.2, 0.25) is 5.02 Å². The van der Waals surface area contributed by atoms with Crippen molar-refractivity contribution in [2.24, 2.45) is 0 Å². The van der Waals surface area contributed by atoms with Crippen molar-refractivity contribution in [2.75, 3.05) is 12.4 Å². The number of ether oxygens (including phenoxy) is 1. The Balaban J connectivity index is 1.75. The summed E-state index contributed by atoms with van der Waals surface area (Å²) >= 11 is 5.92. The minimum absolute atomic E-state index is 0.117. The molecule has 1 N–H and O–H groups in total. The molecule has 6 heteroatoms. The summed E-state index contributed by atoms with van der Waals surface area (Å²) in [7, 11) is 1.59. The van der Waals surface area contributed by atoms with E-state index in [9.17, 15) is 9.59 Å². The van der Waals surface area contributed by atoms with Crippen molar-refractivity contribution in [3.05, 3.63) is 94.1 Å². The van der Waals surface area contributed by atoms with Gasteiger partial charge in [-0.25, -0.2) is 0 Å². The minimum atomic E-state index is -0.180. The lowest BCUT2D eigenvalue weighted by Crippen LogP contribution is -2.16. The van der Waals surface area contributed by atoms with Crippen LogP contribution in [0.5, 0.6) is 5.75 Å². The van der Waals surface area contributed by atoms with Gasteiger partial charge in [-0.15, -0.1) is 0 Å². The van der Waals surface area contributed by atoms with Crippen LogP contribution in [-0.2, 0) is 11.2 Å². The summed E-state index contributed by atoms with van der Waals surface area (Å²) in [6.07, 6.45) is 0.117. The third-order valence-electron chi connectivity index (χ3n) is 5.51. The summed E-state index contributed by atoms with van der Waals surface area (Å²) < 4.78 is 7.06. The number of carbonyl (C=O) groups is 2. The maximum Gasteiger partial charge on any atom is 0.262 e. The Morgan fingerprint density at radius 2 is 1.66 bits per heavy atom. The van der Waals surface area contributed by atoms with Crippen LogP contribution in [0.25, 0.3) is 10.9 Å². The molecular formula is C26H23ClN2O3. The molecule has 3 aromatic carbocycles. The standard InChI is InChI=1S/C26H23ClN2O3/c1-16-4-6-18(7-5-16)26(31)29-17(2)22(23-14-21(32-3)12-13-24(23)29)15-25(30)28-20-10-8-19(27)9-11-20/h4-14H,15H2,1-3H3,(H,28,30). The number of carbonyl (C=O) groups excluding carboxylic acids is 2. The van der Waals surface area contributed by atoms with E-state index < -0.39 is 0 Å². The fraction of sp³-hybridized carbons (Fsp3) is 0.154. The number of aromatic nitrogens is 1. The van der Waals surface area contributed by atoms with Crippen molar-refractivity contribution in [1.82, 2.24) is 4.57 Å². The Bertz CT molecular complexity index is 1310. The lowest BCUT2D eigenvalue weighted by Gasteiger charge is -2.09. The number of amides is 1. The Kier molecular flexibility index (Phi) is 6.01. The van der Waals surface area contributed by atoms with Crippen LogP contribution in [0.1, 0.15) is 27.2 Å². The first-order chi connectivity index (χ1) is 15.4. The molecule has 5 nitrogen and oxygen atoms in total. The van der Waals surface area contributed by atoms with Crippen molar-refractivity contribution >= 4 is 40.0 Å². The number of fused-ring (bicyclic) bond motifs is 1. The molecule has 1 amide bonds. The first kappa shape index (κ1) is 21.7. The second kappa shape index (κ2) is 8.89. The highest BCUT2D eigenvalue weighted by Gasteiger charge is 2.22. The summed E-state index contributed by atoms with van der Waals surface area (Å²) in [6, 6.07) is 20.0. The van der Waals surface area contributed by atoms with Crippen molar-refractivity contribution in [3.63, 3.8) is 0 Å². The molecule has 0 unspecified atom stereocenters. The average Bonchev–Trinajstić information content (AvgIpc) is 3.06. The maximum atomic E-state index is 13.4. The molecule has 4 rings (SSSR count). The van der Waals surface area contributed by atoms with E-state index in [0.29, 0.717) is 22.0 Å². The fourth-order valence-electron chi connectivity index (χ4n) is 3.80. The second-order valence-electron chi connectivity index (χ2n) is 7.69. The summed E-state index contributed by atoms with van der Waals surface area (Å²) in [5, 5.41) is 4.31. The summed E-state index contributed by atoms with van der Waals surface area (Å²) in [6.45, 7) is 3.84. The highest BCUT2D eigenvalue weighted by molar-refractivity contribution is 6.30. The predicted octanol–water partition coefficient (Wildman–Crippen LogP) is 5.79. The highest BCUT2D eigenvalue weighted by atomic mass is 35.5. The van der Waals surface area contributed by atoms with Crippen LogP contribution in [0.4, 0.5) is 5.69 Å². The fourth-order valence-corrected chi connectivity index (χ4v) is 3.92. The highest BCUT2D eigenvalue weighted by Crippen LogP contribution is 2.31. The minimum Gasteiger partial charge on any atom is -0.497 e. The van der Waals surface area contributed by atoms with Gasteiger partial charge in [-0.3, -0.25) is 14.2 Å². The van der Waals surface area contributed by atoms with E-state index in [1.54, 1.807) is 35.9 Å². The number of anilines is 1. The van der Waals surface area contributed by atoms with Gasteiger partial charge in [-0.05, 0) is 74.0 Å². The van der Waals surface area contributed by atoms with Crippen molar-refractivity contribution in [2.45, 2.75) is 20.3 Å². The molecule has 0 saturated heterocycles. The third kappa shape index (κ3) is 4.25. The molecular weight excluding hydrogens is 424 g/mol. The molecule has 0 aliphatic rings. The van der Waals surface area contributed by atoms with Gasteiger partial charge in [-0.2, -0.15) is 0 Å². The van der Waals surface area contributed by atoms with Crippen LogP contribution in [0.15, 0.2) is 66.7 Å². The first-order valence-electron chi connectivity index (χ1n) is 10.2. The monoisotopic (exact) mass is 446 g/mol. The van der Waals surface area contributed by atoms with Gasteiger partial charge in [0.05, 0.1) is 19.0 Å². The van der Waals surface area contributed by atoms with E-state index in [-0.39, 0.29) is 18.2 Å². The number of rotatable bonds is 5. The Morgan fingerprint density at radius 3 is 2.31 bits per heavy atom. The lowest BCUT2D eigenvalue weighted by atomic mass is 10.1. The topological polar surface area (TPSA) is 60.3 Å². The van der Waals surface area contributed by atoms with Gasteiger partial charge in [0.2, 0.25) is 5.91 Å². The molecule has 4 aromatic rings. The number of methoxy groups -OCH3 is 1. The molecule has 0 aliphatic carbocycles. The van der Waals surface area contributed by atoms with Gasteiger partial charge in [-0.1, -0.05) is 29.3 Å². The van der Waals surface area contributed by atoms with Gasteiger partial charge in [0.15, 0.2) is 0 Å². The van der Waals surface area contributed by atoms with Gasteiger partial charge >= 0.3 is 0 Å². The number of hydrogen-bond donors (Lipinski definition) is 1. The molecule has 0 bridgehead atoms. The van der Waals surface area contributed by atoms with Crippen molar-refractivity contribution in [1.29, 1.82) is 0 Å². The molecule has 0 aliphatic heterocycles. The molecule has 0 saturated carbocycles. The number of nitrogens with one attached hydrogen (secondary N) is 1. The number of benzene rings is 3. The van der Waals surface area contributed by atoms with E-state index in [0.717, 1.165) is 27.7 Å². The number of halogens is 1. The van der Waals surface area contributed by atoms with Gasteiger partial charge in [0, 0.05) is 27.4 Å². The number of aryl methyl sites for hydroxylation is 1. The summed E-state index contributed by atoms with van der Waals surface area (Å²) in [5.41, 5.74) is 4.58. The summed E-state index contributed by atoms with van der Waals surface area (Å²) in [4.78, 5) is 26.2. The number of nitrogens with zero attached hydrogens (tertiary/aromatic N) is 1. The number of hydrogen-bond acceptors (Lipinski definition) is 3. The Hall–Kier alpha value is -3.57. The Morgan fingerprint density at radius 1 is 0.969 bits per heavy atom. The second-order valence-corrected chi connectivity index (χ2v) is 8.12. The third-order valence-corrected chi connectivity index (χ3v) is 5.76. The van der Waals surface area contributed by atoms with Crippen LogP contribution >= 0.6 is 11.6 Å². The molecule has 1 aromatic heterocycles. The smallest absolute Gasteiger partial charge is 0.262 e. The first-order valence-corrected chi connectivity index (χ1v) is 10.6. The average molecular weight is 447 g/mol. The zero-order valence-corrected chi connectivity index (χ0v) is 18.9. The van der Waals surface area contributed by atoms with E-state index in [1.165, 1.54) is 0 Å². The van der Waals surface area contributed by atoms with Crippen LogP contribution in [0, 0.1) is 13.8 Å². The SMILES string of the molecule is COc1ccc2c(c1)c(CC(=O)Nc1ccc(Cl)cc1)c(C)n2C(=O)c1ccc(C)cc1. The van der Waals surface area contributed by atoms with E-state index in [1.807, 2.05) is 56.3 Å². The quantitative estimate of drug-likeness (QED) is 0.422. The Labute approximate surface area is 191 Å². The normalized spacial score (nSPS) is 10.9. The van der Waals surface area contributed by atoms with Crippen molar-refractivity contribution < 1.29 is 14.3 Å². The van der Waals surface area contributed by atoms with Gasteiger partial charge in [0.1, 0.15) is 5.75 Å². The van der Waals surface area contributed by atoms with Crippen LogP contribution < -0.4 is 10.1 Å². The lowest BCUT2D eigenvalue weighted by molar-refractivity contribution is -0.115. The molecule has 0 radical (unpaired) electrons. The van der Waals surface area contributed by atoms with E-state index >= 15 is 0 Å². The predicted molar refractivity (Wildman–Crippen MR) is 128 cm³/mol. The van der Waals surface area contributed by atoms with E-state index in [4.69, 9.17) is 16.3 Å². The van der Waals surface area contributed by atoms with Crippen LogP contribution in [0.3, 0.4) is 0 Å². The van der Waals surface area contributed by atoms with Crippen LogP contribution in [-0.4, -0.2) is 23.5 Å². The zero-order chi connectivity index (χ0) is 22.8. The molecule has 32 heavy (non-hydrogen) atoms. The maximum absolute atomic E-state index is 13.4. The molecule has 0 fully saturated rings. The van der Waals surface area contributed by atoms with Crippen molar-refractivity contribution in [3.8, 4) is 5.75 Å². The molecule has 162 valence electrons. The molecule has 1 heterocycles. The zero-order valence-electron chi connectivity index (χ0n) is 18.1.